The minimum absolute atomic E-state index is 0.215. The Kier molecular flexibility index (Phi) is 4.94. The minimum atomic E-state index is -0.847. The Morgan fingerprint density at radius 2 is 2.20 bits per heavy atom. The largest absolute Gasteiger partial charge is 0.494 e. The summed E-state index contributed by atoms with van der Waals surface area (Å²) < 4.78 is 12.5. The van der Waals surface area contributed by atoms with Crippen LogP contribution in [0.1, 0.15) is 9.80 Å². The van der Waals surface area contributed by atoms with Crippen LogP contribution in [-0.4, -0.2) is 46.7 Å². The van der Waals surface area contributed by atoms with Gasteiger partial charge in [0.1, 0.15) is 17.3 Å². The summed E-state index contributed by atoms with van der Waals surface area (Å²) in [5, 5.41) is 2.91. The summed E-state index contributed by atoms with van der Waals surface area (Å²) in [5.41, 5.74) is 0.615. The van der Waals surface area contributed by atoms with Crippen molar-refractivity contribution in [2.75, 3.05) is 14.2 Å². The number of carbonyl (C=O) groups excluding carboxylic acids is 2. The molecule has 130 valence electrons. The van der Waals surface area contributed by atoms with Gasteiger partial charge in [0.2, 0.25) is 0 Å². The number of imidazole rings is 1. The third-order valence-electron chi connectivity index (χ3n) is 3.54. The maximum atomic E-state index is 12.5. The molecule has 8 nitrogen and oxygen atoms in total. The number of methoxy groups -OCH3 is 2. The molecule has 2 aromatic heterocycles. The van der Waals surface area contributed by atoms with Gasteiger partial charge in [0.15, 0.2) is 5.01 Å². The number of fused-ring (bicyclic) bond motifs is 1. The Morgan fingerprint density at radius 3 is 2.88 bits per heavy atom. The van der Waals surface area contributed by atoms with E-state index in [-0.39, 0.29) is 11.6 Å². The molecule has 1 amide bonds. The number of nitrogens with one attached hydrogen (secondary N) is 1. The zero-order valence-electron chi connectivity index (χ0n) is 13.6. The van der Waals surface area contributed by atoms with Gasteiger partial charge in [-0.1, -0.05) is 6.07 Å². The lowest BCUT2D eigenvalue weighted by molar-refractivity contribution is -0.143. The average Bonchev–Trinajstić information content (AvgIpc) is 3.29. The van der Waals surface area contributed by atoms with Crippen LogP contribution in [-0.2, 0) is 16.1 Å². The summed E-state index contributed by atoms with van der Waals surface area (Å²) in [7, 11) is 2.82. The van der Waals surface area contributed by atoms with E-state index in [0.29, 0.717) is 11.3 Å². The normalized spacial score (nSPS) is 11.9. The smallest absolute Gasteiger partial charge is 0.330 e. The van der Waals surface area contributed by atoms with E-state index in [0.717, 1.165) is 4.70 Å². The lowest BCUT2D eigenvalue weighted by Crippen LogP contribution is -2.44. The highest BCUT2D eigenvalue weighted by Crippen LogP contribution is 2.29. The van der Waals surface area contributed by atoms with Crippen LogP contribution in [0.15, 0.2) is 36.9 Å². The van der Waals surface area contributed by atoms with Crippen LogP contribution in [0.4, 0.5) is 0 Å². The van der Waals surface area contributed by atoms with Gasteiger partial charge in [0, 0.05) is 12.4 Å². The van der Waals surface area contributed by atoms with Crippen molar-refractivity contribution < 1.29 is 19.1 Å². The van der Waals surface area contributed by atoms with Gasteiger partial charge in [-0.3, -0.25) is 4.79 Å². The molecule has 3 rings (SSSR count). The van der Waals surface area contributed by atoms with Gasteiger partial charge in [-0.2, -0.15) is 0 Å². The van der Waals surface area contributed by atoms with Crippen LogP contribution >= 0.6 is 11.3 Å². The third-order valence-corrected chi connectivity index (χ3v) is 4.56. The van der Waals surface area contributed by atoms with E-state index in [2.05, 4.69) is 15.3 Å². The standard InChI is InChI=1S/C16H16N4O4S/c1-23-11-4-3-5-12-13(11)19-15(25-12)14(21)18-10(16(22)24-2)8-20-7-6-17-9-20/h3-7,9-10H,8H2,1-2H3,(H,18,21). The molecule has 0 saturated carbocycles. The molecule has 0 spiro atoms. The van der Waals surface area contributed by atoms with Crippen LogP contribution < -0.4 is 10.1 Å². The van der Waals surface area contributed by atoms with E-state index in [1.54, 1.807) is 36.5 Å². The van der Waals surface area contributed by atoms with Crippen molar-refractivity contribution >= 4 is 33.4 Å². The fourth-order valence-electron chi connectivity index (χ4n) is 2.33. The van der Waals surface area contributed by atoms with E-state index >= 15 is 0 Å². The lowest BCUT2D eigenvalue weighted by Gasteiger charge is -2.16. The highest BCUT2D eigenvalue weighted by Gasteiger charge is 2.24. The van der Waals surface area contributed by atoms with Crippen molar-refractivity contribution in [3.05, 3.63) is 41.9 Å². The highest BCUT2D eigenvalue weighted by atomic mass is 32.1. The SMILES string of the molecule is COC(=O)C(Cn1ccnc1)NC(=O)c1nc2c(OC)cccc2s1. The molecule has 0 aliphatic rings. The molecule has 1 N–H and O–H groups in total. The number of nitrogens with zero attached hydrogens (tertiary/aromatic N) is 3. The van der Waals surface area contributed by atoms with E-state index in [1.807, 2.05) is 12.1 Å². The van der Waals surface area contributed by atoms with Gasteiger partial charge < -0.3 is 19.4 Å². The monoisotopic (exact) mass is 360 g/mol. The number of para-hydroxylation sites is 1. The molecule has 25 heavy (non-hydrogen) atoms. The number of carbonyl (C=O) groups is 2. The average molecular weight is 360 g/mol. The number of esters is 1. The molecule has 0 aliphatic carbocycles. The molecule has 0 fully saturated rings. The number of amides is 1. The van der Waals surface area contributed by atoms with E-state index in [4.69, 9.17) is 9.47 Å². The second-order valence-corrected chi connectivity index (χ2v) is 6.17. The predicted molar refractivity (Wildman–Crippen MR) is 91.7 cm³/mol. The first-order chi connectivity index (χ1) is 12.1. The summed E-state index contributed by atoms with van der Waals surface area (Å²) in [5.74, 6) is -0.393. The molecular formula is C16H16N4O4S. The molecular weight excluding hydrogens is 344 g/mol. The summed E-state index contributed by atoms with van der Waals surface area (Å²) >= 11 is 1.23. The second-order valence-electron chi connectivity index (χ2n) is 5.13. The fraction of sp³-hybridized carbons (Fsp3) is 0.250. The quantitative estimate of drug-likeness (QED) is 0.669. The molecule has 9 heteroatoms. The fourth-order valence-corrected chi connectivity index (χ4v) is 3.22. The molecule has 0 aliphatic heterocycles. The topological polar surface area (TPSA) is 95.3 Å². The van der Waals surface area contributed by atoms with Crippen molar-refractivity contribution in [1.29, 1.82) is 0 Å². The van der Waals surface area contributed by atoms with Crippen LogP contribution in [0.3, 0.4) is 0 Å². The molecule has 0 bridgehead atoms. The Balaban J connectivity index is 1.82. The molecule has 1 atom stereocenters. The lowest BCUT2D eigenvalue weighted by atomic mass is 10.3. The predicted octanol–water partition coefficient (Wildman–Crippen LogP) is 1.47. The van der Waals surface area contributed by atoms with Crippen molar-refractivity contribution in [2.45, 2.75) is 12.6 Å². The Hall–Kier alpha value is -2.94. The van der Waals surface area contributed by atoms with Crippen LogP contribution in [0.5, 0.6) is 5.75 Å². The summed E-state index contributed by atoms with van der Waals surface area (Å²) in [6, 6.07) is 4.62. The van der Waals surface area contributed by atoms with Crippen molar-refractivity contribution in [2.24, 2.45) is 0 Å². The number of hydrogen-bond donors (Lipinski definition) is 1. The highest BCUT2D eigenvalue weighted by molar-refractivity contribution is 7.20. The molecule has 3 aromatic rings. The number of benzene rings is 1. The third kappa shape index (κ3) is 3.61. The summed E-state index contributed by atoms with van der Waals surface area (Å²) in [4.78, 5) is 32.8. The van der Waals surface area contributed by atoms with Gasteiger partial charge in [0.05, 0.1) is 31.8 Å². The van der Waals surface area contributed by atoms with E-state index < -0.39 is 17.9 Å². The number of thiazole rings is 1. The molecule has 2 heterocycles. The van der Waals surface area contributed by atoms with Crippen molar-refractivity contribution in [3.8, 4) is 5.75 Å². The molecule has 1 unspecified atom stereocenters. The zero-order chi connectivity index (χ0) is 17.8. The maximum Gasteiger partial charge on any atom is 0.330 e. The zero-order valence-corrected chi connectivity index (χ0v) is 14.4. The van der Waals surface area contributed by atoms with Crippen LogP contribution in [0.25, 0.3) is 10.2 Å². The first-order valence-corrected chi connectivity index (χ1v) is 8.22. The Bertz CT molecular complexity index is 891. The Morgan fingerprint density at radius 1 is 1.36 bits per heavy atom. The Labute approximate surface area is 147 Å². The van der Waals surface area contributed by atoms with Crippen molar-refractivity contribution in [1.82, 2.24) is 19.9 Å². The minimum Gasteiger partial charge on any atom is -0.494 e. The first-order valence-electron chi connectivity index (χ1n) is 7.40. The second kappa shape index (κ2) is 7.31. The van der Waals surface area contributed by atoms with Gasteiger partial charge in [-0.15, -0.1) is 11.3 Å². The van der Waals surface area contributed by atoms with E-state index in [9.17, 15) is 9.59 Å². The van der Waals surface area contributed by atoms with Gasteiger partial charge in [-0.25, -0.2) is 14.8 Å². The van der Waals surface area contributed by atoms with Crippen LogP contribution in [0, 0.1) is 0 Å². The van der Waals surface area contributed by atoms with Gasteiger partial charge in [-0.05, 0) is 12.1 Å². The number of aromatic nitrogens is 3. The molecule has 1 aromatic carbocycles. The van der Waals surface area contributed by atoms with Gasteiger partial charge >= 0.3 is 5.97 Å². The maximum absolute atomic E-state index is 12.5. The van der Waals surface area contributed by atoms with E-state index in [1.165, 1.54) is 18.4 Å². The molecule has 0 saturated heterocycles. The van der Waals surface area contributed by atoms with Gasteiger partial charge in [0.25, 0.3) is 5.91 Å². The first kappa shape index (κ1) is 16.9. The van der Waals surface area contributed by atoms with Crippen LogP contribution in [0.2, 0.25) is 0 Å². The number of hydrogen-bond acceptors (Lipinski definition) is 7. The van der Waals surface area contributed by atoms with Crippen molar-refractivity contribution in [3.63, 3.8) is 0 Å². The number of rotatable bonds is 6. The summed E-state index contributed by atoms with van der Waals surface area (Å²) in [6.45, 7) is 0.215. The number of ether oxygens (including phenoxy) is 2. The summed E-state index contributed by atoms with van der Waals surface area (Å²) in [6.07, 6.45) is 4.85. The molecule has 0 radical (unpaired) electrons.